The Morgan fingerprint density at radius 2 is 1.85 bits per heavy atom. The maximum absolute atomic E-state index is 12.9. The molecule has 2 aliphatic rings. The van der Waals surface area contributed by atoms with Gasteiger partial charge in [0.15, 0.2) is 0 Å². The third-order valence-corrected chi connectivity index (χ3v) is 6.82. The highest BCUT2D eigenvalue weighted by Crippen LogP contribution is 2.47. The van der Waals surface area contributed by atoms with Crippen LogP contribution in [0.25, 0.3) is 6.08 Å². The normalized spacial score (nSPS) is 23.0. The van der Waals surface area contributed by atoms with Crippen molar-refractivity contribution in [3.05, 3.63) is 64.5 Å². The molecule has 2 saturated carbocycles. The maximum Gasteiger partial charge on any atom is 0.236 e. The number of sulfonamides is 1. The Kier molecular flexibility index (Phi) is 4.53. The van der Waals surface area contributed by atoms with E-state index in [-0.39, 0.29) is 6.04 Å². The van der Waals surface area contributed by atoms with Crippen molar-refractivity contribution in [2.75, 3.05) is 0 Å². The first-order valence-electron chi connectivity index (χ1n) is 9.27. The Balaban J connectivity index is 1.49. The molecule has 0 saturated heterocycles. The van der Waals surface area contributed by atoms with Gasteiger partial charge in [-0.05, 0) is 55.9 Å². The number of aryl methyl sites for hydroxylation is 1. The number of furan rings is 1. The van der Waals surface area contributed by atoms with Gasteiger partial charge in [-0.25, -0.2) is 8.42 Å². The van der Waals surface area contributed by atoms with Gasteiger partial charge < -0.3 is 4.42 Å². The van der Waals surface area contributed by atoms with E-state index in [9.17, 15) is 8.42 Å². The molecule has 0 N–H and O–H groups in total. The zero-order chi connectivity index (χ0) is 18.3. The molecule has 0 bridgehead atoms. The van der Waals surface area contributed by atoms with Crippen LogP contribution >= 0.6 is 0 Å². The molecule has 1 heterocycles. The summed E-state index contributed by atoms with van der Waals surface area (Å²) in [5.74, 6) is 2.92. The van der Waals surface area contributed by atoms with Gasteiger partial charge in [0.25, 0.3) is 0 Å². The summed E-state index contributed by atoms with van der Waals surface area (Å²) in [4.78, 5) is 0. The molecule has 0 spiro atoms. The van der Waals surface area contributed by atoms with Gasteiger partial charge in [0.1, 0.15) is 11.5 Å². The van der Waals surface area contributed by atoms with Crippen LogP contribution in [0.1, 0.15) is 54.8 Å². The van der Waals surface area contributed by atoms with Gasteiger partial charge >= 0.3 is 0 Å². The fourth-order valence-electron chi connectivity index (χ4n) is 3.26. The smallest absolute Gasteiger partial charge is 0.236 e. The molecule has 2 fully saturated rings. The quantitative estimate of drug-likeness (QED) is 0.710. The number of nitrogens with zero attached hydrogens (tertiary/aromatic N) is 1. The number of hydrogen-bond donors (Lipinski definition) is 0. The third-order valence-electron chi connectivity index (χ3n) is 5.26. The zero-order valence-corrected chi connectivity index (χ0v) is 16.1. The minimum atomic E-state index is -3.48. The van der Waals surface area contributed by atoms with E-state index < -0.39 is 10.0 Å². The highest BCUT2D eigenvalue weighted by atomic mass is 32.2. The number of hydrogen-bond acceptors (Lipinski definition) is 3. The van der Waals surface area contributed by atoms with Gasteiger partial charge in [-0.15, -0.1) is 0 Å². The van der Waals surface area contributed by atoms with E-state index >= 15 is 0 Å². The lowest BCUT2D eigenvalue weighted by molar-refractivity contribution is 0.351. The SMILES string of the molecule is Cc1ccc(/C=C/S(=O)(=O)N(Cc2ccc(C3CC3C)o2)C2CC2)cc1. The first-order chi connectivity index (χ1) is 12.4. The molecule has 5 heteroatoms. The van der Waals surface area contributed by atoms with Crippen LogP contribution in [0.2, 0.25) is 0 Å². The maximum atomic E-state index is 12.9. The highest BCUT2D eigenvalue weighted by molar-refractivity contribution is 7.92. The first kappa shape index (κ1) is 17.6. The Labute approximate surface area is 155 Å². The molecule has 2 aliphatic carbocycles. The summed E-state index contributed by atoms with van der Waals surface area (Å²) in [6, 6.07) is 11.8. The lowest BCUT2D eigenvalue weighted by Crippen LogP contribution is -2.30. The van der Waals surface area contributed by atoms with Gasteiger partial charge in [0.2, 0.25) is 10.0 Å². The summed E-state index contributed by atoms with van der Waals surface area (Å²) < 4.78 is 33.2. The predicted molar refractivity (Wildman–Crippen MR) is 103 cm³/mol. The van der Waals surface area contributed by atoms with Gasteiger partial charge in [-0.3, -0.25) is 0 Å². The Bertz CT molecular complexity index is 907. The molecule has 0 amide bonds. The molecule has 0 radical (unpaired) electrons. The topological polar surface area (TPSA) is 50.5 Å². The van der Waals surface area contributed by atoms with E-state index in [2.05, 4.69) is 6.92 Å². The molecular weight excluding hydrogens is 346 g/mol. The van der Waals surface area contributed by atoms with Crippen LogP contribution in [0.3, 0.4) is 0 Å². The van der Waals surface area contributed by atoms with Crippen LogP contribution in [-0.4, -0.2) is 18.8 Å². The molecule has 2 unspecified atom stereocenters. The van der Waals surface area contributed by atoms with Crippen molar-refractivity contribution in [3.63, 3.8) is 0 Å². The summed E-state index contributed by atoms with van der Waals surface area (Å²) in [5, 5.41) is 1.32. The van der Waals surface area contributed by atoms with E-state index in [0.717, 1.165) is 41.9 Å². The molecule has 26 heavy (non-hydrogen) atoms. The molecule has 4 nitrogen and oxygen atoms in total. The standard InChI is InChI=1S/C21H25NO3S/c1-15-3-5-17(6-4-15)11-12-26(23,24)22(18-7-8-18)14-19-9-10-21(25-19)20-13-16(20)2/h3-6,9-12,16,18,20H,7-8,13-14H2,1-2H3/b12-11+. The van der Waals surface area contributed by atoms with Crippen LogP contribution in [0.4, 0.5) is 0 Å². The van der Waals surface area contributed by atoms with Crippen LogP contribution in [0.5, 0.6) is 0 Å². The van der Waals surface area contributed by atoms with Crippen molar-refractivity contribution in [2.24, 2.45) is 5.92 Å². The second kappa shape index (κ2) is 6.71. The van der Waals surface area contributed by atoms with Crippen molar-refractivity contribution in [3.8, 4) is 0 Å². The van der Waals surface area contributed by atoms with E-state index in [1.54, 1.807) is 10.4 Å². The summed E-state index contributed by atoms with van der Waals surface area (Å²) in [7, 11) is -3.48. The molecule has 1 aromatic carbocycles. The molecule has 0 aliphatic heterocycles. The average Bonchev–Trinajstić information content (AvgIpc) is 3.53. The largest absolute Gasteiger partial charge is 0.464 e. The molecule has 2 aromatic rings. The van der Waals surface area contributed by atoms with E-state index in [1.165, 1.54) is 5.41 Å². The Hall–Kier alpha value is -1.85. The van der Waals surface area contributed by atoms with Crippen molar-refractivity contribution in [1.82, 2.24) is 4.31 Å². The van der Waals surface area contributed by atoms with Gasteiger partial charge in [-0.2, -0.15) is 4.31 Å². The van der Waals surface area contributed by atoms with Crippen LogP contribution in [-0.2, 0) is 16.6 Å². The molecule has 2 atom stereocenters. The summed E-state index contributed by atoms with van der Waals surface area (Å²) in [6.07, 6.45) is 4.68. The van der Waals surface area contributed by atoms with Crippen molar-refractivity contribution >= 4 is 16.1 Å². The third kappa shape index (κ3) is 3.94. The fraction of sp³-hybridized carbons (Fsp3) is 0.429. The minimum absolute atomic E-state index is 0.0936. The van der Waals surface area contributed by atoms with E-state index in [4.69, 9.17) is 4.42 Å². The highest BCUT2D eigenvalue weighted by Gasteiger charge is 2.38. The average molecular weight is 372 g/mol. The van der Waals surface area contributed by atoms with Crippen LogP contribution in [0.15, 0.2) is 46.2 Å². The van der Waals surface area contributed by atoms with Crippen molar-refractivity contribution < 1.29 is 12.8 Å². The van der Waals surface area contributed by atoms with Crippen LogP contribution < -0.4 is 0 Å². The predicted octanol–water partition coefficient (Wildman–Crippen LogP) is 4.68. The summed E-state index contributed by atoms with van der Waals surface area (Å²) >= 11 is 0. The lowest BCUT2D eigenvalue weighted by Gasteiger charge is -2.18. The fourth-order valence-corrected chi connectivity index (χ4v) is 4.68. The van der Waals surface area contributed by atoms with Gasteiger partial charge in [-0.1, -0.05) is 36.8 Å². The number of rotatable bonds is 7. The lowest BCUT2D eigenvalue weighted by atomic mass is 10.2. The Morgan fingerprint density at radius 3 is 2.46 bits per heavy atom. The van der Waals surface area contributed by atoms with Gasteiger partial charge in [0, 0.05) is 17.4 Å². The second-order valence-electron chi connectivity index (χ2n) is 7.66. The Morgan fingerprint density at radius 1 is 1.15 bits per heavy atom. The van der Waals surface area contributed by atoms with Gasteiger partial charge in [0.05, 0.1) is 6.54 Å². The van der Waals surface area contributed by atoms with Crippen LogP contribution in [0, 0.1) is 12.8 Å². The van der Waals surface area contributed by atoms with Crippen molar-refractivity contribution in [1.29, 1.82) is 0 Å². The molecule has 4 rings (SSSR count). The molecule has 1 aromatic heterocycles. The monoisotopic (exact) mass is 371 g/mol. The minimum Gasteiger partial charge on any atom is -0.464 e. The number of benzene rings is 1. The molecule has 138 valence electrons. The second-order valence-corrected chi connectivity index (χ2v) is 9.43. The van der Waals surface area contributed by atoms with Crippen molar-refractivity contribution in [2.45, 2.75) is 51.6 Å². The van der Waals surface area contributed by atoms with E-state index in [1.807, 2.05) is 43.3 Å². The molecular formula is C21H25NO3S. The van der Waals surface area contributed by atoms with E-state index in [0.29, 0.717) is 18.4 Å². The summed E-state index contributed by atoms with van der Waals surface area (Å²) in [5.41, 5.74) is 2.04. The summed E-state index contributed by atoms with van der Waals surface area (Å²) in [6.45, 7) is 4.54. The zero-order valence-electron chi connectivity index (χ0n) is 15.3. The first-order valence-corrected chi connectivity index (χ1v) is 10.8.